The van der Waals surface area contributed by atoms with Crippen molar-refractivity contribution in [1.82, 2.24) is 24.7 Å². The number of methoxy groups -OCH3 is 2. The minimum atomic E-state index is -4.10. The van der Waals surface area contributed by atoms with Gasteiger partial charge in [0.15, 0.2) is 11.6 Å². The molecule has 0 amide bonds. The molecule has 5 rings (SSSR count). The maximum absolute atomic E-state index is 14.0. The van der Waals surface area contributed by atoms with Crippen molar-refractivity contribution in [2.75, 3.05) is 36.9 Å². The lowest BCUT2D eigenvalue weighted by molar-refractivity contribution is 0.00147. The highest BCUT2D eigenvalue weighted by molar-refractivity contribution is 7.93. The zero-order chi connectivity index (χ0) is 29.9. The Hall–Kier alpha value is -4.30. The van der Waals surface area contributed by atoms with E-state index in [1.807, 2.05) is 44.2 Å². The fourth-order valence-electron chi connectivity index (χ4n) is 4.95. The Morgan fingerprint density at radius 2 is 1.62 bits per heavy atom. The van der Waals surface area contributed by atoms with Crippen LogP contribution in [0, 0.1) is 5.82 Å². The highest BCUT2D eigenvalue weighted by atomic mass is 32.2. The summed E-state index contributed by atoms with van der Waals surface area (Å²) in [4.78, 5) is 9.80. The highest BCUT2D eigenvalue weighted by Gasteiger charge is 2.38. The molecule has 1 fully saturated rings. The molecule has 1 aliphatic rings. The molecule has 0 bridgehead atoms. The molecule has 1 saturated heterocycles. The van der Waals surface area contributed by atoms with Crippen LogP contribution in [0.4, 0.5) is 16.3 Å². The van der Waals surface area contributed by atoms with Crippen LogP contribution >= 0.6 is 0 Å². The van der Waals surface area contributed by atoms with Crippen molar-refractivity contribution in [3.63, 3.8) is 0 Å². The summed E-state index contributed by atoms with van der Waals surface area (Å²) in [5.41, 5.74) is 1.13. The topological polar surface area (TPSA) is 134 Å². The second-order valence-corrected chi connectivity index (χ2v) is 11.9. The van der Waals surface area contributed by atoms with E-state index >= 15 is 0 Å². The minimum Gasteiger partial charge on any atom is -0.494 e. The molecule has 12 nitrogen and oxygen atoms in total. The fourth-order valence-corrected chi connectivity index (χ4v) is 6.35. The summed E-state index contributed by atoms with van der Waals surface area (Å²) in [5.74, 6) is 0.804. The number of aromatic nitrogens is 5. The Kier molecular flexibility index (Phi) is 8.54. The van der Waals surface area contributed by atoms with E-state index in [0.29, 0.717) is 35.1 Å². The number of nitrogens with zero attached hydrogens (tertiary/aromatic N) is 6. The van der Waals surface area contributed by atoms with Gasteiger partial charge in [0.1, 0.15) is 22.4 Å². The molecule has 0 radical (unpaired) electrons. The van der Waals surface area contributed by atoms with Crippen LogP contribution in [0.1, 0.15) is 20.3 Å². The average molecular weight is 598 g/mol. The van der Waals surface area contributed by atoms with E-state index in [0.717, 1.165) is 12.4 Å². The van der Waals surface area contributed by atoms with Gasteiger partial charge in [-0.3, -0.25) is 9.29 Å². The van der Waals surface area contributed by atoms with Crippen LogP contribution in [0.3, 0.4) is 0 Å². The molecular formula is C28H32FN7O5S. The number of hydrogen-bond acceptors (Lipinski definition) is 10. The lowest BCUT2D eigenvalue weighted by Crippen LogP contribution is -2.51. The smallest absolute Gasteiger partial charge is 0.243 e. The third kappa shape index (κ3) is 6.14. The van der Waals surface area contributed by atoms with Gasteiger partial charge in [0, 0.05) is 18.7 Å². The molecule has 4 aromatic rings. The maximum Gasteiger partial charge on any atom is 0.243 e. The van der Waals surface area contributed by atoms with Crippen molar-refractivity contribution >= 4 is 21.9 Å². The van der Waals surface area contributed by atoms with Gasteiger partial charge in [-0.1, -0.05) is 36.4 Å². The Morgan fingerprint density at radius 3 is 2.24 bits per heavy atom. The third-order valence-corrected chi connectivity index (χ3v) is 8.41. The highest BCUT2D eigenvalue weighted by Crippen LogP contribution is 2.38. The predicted octanol–water partition coefficient (Wildman–Crippen LogP) is 3.69. The number of rotatable bonds is 10. The summed E-state index contributed by atoms with van der Waals surface area (Å²) in [6.07, 6.45) is 1.72. The van der Waals surface area contributed by atoms with E-state index in [2.05, 4.69) is 24.9 Å². The van der Waals surface area contributed by atoms with Gasteiger partial charge in [0.2, 0.25) is 21.9 Å². The van der Waals surface area contributed by atoms with E-state index in [-0.39, 0.29) is 31.0 Å². The van der Waals surface area contributed by atoms with Gasteiger partial charge in [-0.2, -0.15) is 0 Å². The quantitative estimate of drug-likeness (QED) is 0.289. The maximum atomic E-state index is 14.0. The Bertz CT molecular complexity index is 1600. The van der Waals surface area contributed by atoms with Gasteiger partial charge in [0.05, 0.1) is 38.8 Å². The predicted molar refractivity (Wildman–Crippen MR) is 155 cm³/mol. The summed E-state index contributed by atoms with van der Waals surface area (Å²) in [5, 5.41) is 7.66. The first kappa shape index (κ1) is 29.2. The molecule has 0 saturated carbocycles. The average Bonchev–Trinajstić information content (AvgIpc) is 3.39. The lowest BCUT2D eigenvalue weighted by Gasteiger charge is -2.37. The van der Waals surface area contributed by atoms with Gasteiger partial charge >= 0.3 is 0 Å². The van der Waals surface area contributed by atoms with Crippen molar-refractivity contribution in [1.29, 1.82) is 0 Å². The van der Waals surface area contributed by atoms with Gasteiger partial charge in [-0.15, -0.1) is 10.2 Å². The van der Waals surface area contributed by atoms with Crippen LogP contribution in [0.2, 0.25) is 0 Å². The SMILES string of the molecule is COc1cccc(OC)c1-n1c(NS(=O)(=O)[C@H]2C[C@@H](OC(C)C)CN(c3ncc(F)cn3)C2)nnc1-c1ccccc1. The number of nitrogens with one attached hydrogen (secondary N) is 1. The number of para-hydroxylation sites is 1. The van der Waals surface area contributed by atoms with Gasteiger partial charge in [-0.05, 0) is 32.4 Å². The lowest BCUT2D eigenvalue weighted by atomic mass is 10.1. The molecule has 0 unspecified atom stereocenters. The number of hydrogen-bond donors (Lipinski definition) is 1. The molecule has 14 heteroatoms. The minimum absolute atomic E-state index is 0.0480. The summed E-state index contributed by atoms with van der Waals surface area (Å²) in [7, 11) is -1.08. The molecular weight excluding hydrogens is 565 g/mol. The van der Waals surface area contributed by atoms with E-state index in [1.54, 1.807) is 27.7 Å². The van der Waals surface area contributed by atoms with Crippen LogP contribution in [0.15, 0.2) is 60.9 Å². The summed E-state index contributed by atoms with van der Waals surface area (Å²) < 4.78 is 63.1. The molecule has 1 aliphatic heterocycles. The van der Waals surface area contributed by atoms with Crippen molar-refractivity contribution in [3.8, 4) is 28.6 Å². The standard InChI is InChI=1S/C28H32FN7O5S/c1-18(2)41-21-13-22(17-35(16-21)27-30-14-20(29)15-31-27)42(37,38)34-28-33-32-26(19-9-6-5-7-10-19)36(28)25-23(39-3)11-8-12-24(25)40-4/h5-12,14-15,18,21-22H,13,16-17H2,1-4H3,(H,33,34)/t21-,22+/m1/s1. The molecule has 2 aromatic carbocycles. The van der Waals surface area contributed by atoms with E-state index in [4.69, 9.17) is 14.2 Å². The van der Waals surface area contributed by atoms with Crippen LogP contribution in [0.25, 0.3) is 17.1 Å². The normalized spacial score (nSPS) is 17.3. The zero-order valence-corrected chi connectivity index (χ0v) is 24.5. The second kappa shape index (κ2) is 12.3. The first-order chi connectivity index (χ1) is 20.2. The molecule has 1 N–H and O–H groups in total. The monoisotopic (exact) mass is 597 g/mol. The van der Waals surface area contributed by atoms with Gasteiger partial charge < -0.3 is 19.1 Å². The number of sulfonamides is 1. The number of anilines is 2. The molecule has 222 valence electrons. The number of ether oxygens (including phenoxy) is 3. The Balaban J connectivity index is 1.56. The third-order valence-electron chi connectivity index (χ3n) is 6.72. The van der Waals surface area contributed by atoms with Crippen LogP contribution in [-0.2, 0) is 14.8 Å². The number of piperidine rings is 1. The fraction of sp³-hybridized carbons (Fsp3) is 0.357. The first-order valence-corrected chi connectivity index (χ1v) is 14.9. The van der Waals surface area contributed by atoms with E-state index in [1.165, 1.54) is 14.2 Å². The second-order valence-electron chi connectivity index (χ2n) is 9.98. The van der Waals surface area contributed by atoms with Crippen molar-refractivity contribution < 1.29 is 27.0 Å². The molecule has 0 aliphatic carbocycles. The molecule has 3 heterocycles. The Labute approximate surface area is 243 Å². The van der Waals surface area contributed by atoms with Crippen LogP contribution < -0.4 is 19.1 Å². The van der Waals surface area contributed by atoms with Crippen molar-refractivity contribution in [2.24, 2.45) is 0 Å². The van der Waals surface area contributed by atoms with Gasteiger partial charge in [0.25, 0.3) is 0 Å². The molecule has 2 atom stereocenters. The number of benzene rings is 2. The van der Waals surface area contributed by atoms with Gasteiger partial charge in [-0.25, -0.2) is 22.8 Å². The molecule has 2 aromatic heterocycles. The molecule has 0 spiro atoms. The van der Waals surface area contributed by atoms with Crippen LogP contribution in [-0.4, -0.2) is 77.9 Å². The number of halogens is 1. The van der Waals surface area contributed by atoms with E-state index in [9.17, 15) is 12.8 Å². The summed E-state index contributed by atoms with van der Waals surface area (Å²) >= 11 is 0. The van der Waals surface area contributed by atoms with Crippen LogP contribution in [0.5, 0.6) is 11.5 Å². The van der Waals surface area contributed by atoms with Crippen molar-refractivity contribution in [2.45, 2.75) is 37.7 Å². The summed E-state index contributed by atoms with van der Waals surface area (Å²) in [6.45, 7) is 4.16. The summed E-state index contributed by atoms with van der Waals surface area (Å²) in [6, 6.07) is 14.5. The van der Waals surface area contributed by atoms with E-state index < -0.39 is 27.2 Å². The Morgan fingerprint density at radius 1 is 0.952 bits per heavy atom. The largest absolute Gasteiger partial charge is 0.494 e. The molecule has 42 heavy (non-hydrogen) atoms. The first-order valence-electron chi connectivity index (χ1n) is 13.3. The zero-order valence-electron chi connectivity index (χ0n) is 23.6. The van der Waals surface area contributed by atoms with Crippen molar-refractivity contribution in [3.05, 3.63) is 66.7 Å².